The van der Waals surface area contributed by atoms with Gasteiger partial charge in [0.25, 0.3) is 0 Å². The Bertz CT molecular complexity index is 278. The Morgan fingerprint density at radius 1 is 1.21 bits per heavy atom. The molecule has 0 bridgehead atoms. The van der Waals surface area contributed by atoms with Crippen LogP contribution in [-0.2, 0) is 0 Å². The summed E-state index contributed by atoms with van der Waals surface area (Å²) in [4.78, 5) is 0. The number of benzene rings is 1. The van der Waals surface area contributed by atoms with Crippen molar-refractivity contribution < 1.29 is 4.74 Å². The first-order valence-electron chi connectivity index (χ1n) is 5.51. The standard InChI is InChI=1S/C11H14O.C2H6/c1-8(2)10-7-12-11-6-4-3-5-9(10)11;1-2/h3-6,8,10H,7H2,1-2H3;1-2H3. The third-order valence-electron chi connectivity index (χ3n) is 2.54. The minimum atomic E-state index is 0.598. The summed E-state index contributed by atoms with van der Waals surface area (Å²) in [5.74, 6) is 2.35. The van der Waals surface area contributed by atoms with Crippen LogP contribution in [0.1, 0.15) is 39.2 Å². The zero-order valence-corrected chi connectivity index (χ0v) is 9.58. The highest BCUT2D eigenvalue weighted by Gasteiger charge is 2.25. The van der Waals surface area contributed by atoms with E-state index in [1.54, 1.807) is 0 Å². The van der Waals surface area contributed by atoms with Crippen LogP contribution in [-0.4, -0.2) is 6.61 Å². The van der Waals surface area contributed by atoms with Crippen molar-refractivity contribution >= 4 is 0 Å². The number of hydrogen-bond acceptors (Lipinski definition) is 1. The van der Waals surface area contributed by atoms with E-state index in [1.165, 1.54) is 5.56 Å². The first kappa shape index (κ1) is 11.1. The van der Waals surface area contributed by atoms with Crippen LogP contribution < -0.4 is 4.74 Å². The molecule has 0 saturated heterocycles. The fourth-order valence-corrected chi connectivity index (χ4v) is 1.74. The second-order valence-electron chi connectivity index (χ2n) is 3.70. The maximum atomic E-state index is 5.57. The van der Waals surface area contributed by atoms with Crippen LogP contribution in [0.4, 0.5) is 0 Å². The molecule has 1 atom stereocenters. The zero-order valence-electron chi connectivity index (χ0n) is 9.58. The van der Waals surface area contributed by atoms with E-state index >= 15 is 0 Å². The summed E-state index contributed by atoms with van der Waals surface area (Å²) in [6, 6.07) is 8.34. The lowest BCUT2D eigenvalue weighted by molar-refractivity contribution is 0.304. The molecular formula is C13H20O. The van der Waals surface area contributed by atoms with Crippen LogP contribution in [0.5, 0.6) is 5.75 Å². The SMILES string of the molecule is CC.CC(C)C1COc2ccccc21. The van der Waals surface area contributed by atoms with Crippen molar-refractivity contribution in [2.75, 3.05) is 6.61 Å². The van der Waals surface area contributed by atoms with Gasteiger partial charge in [-0.05, 0) is 12.0 Å². The number of ether oxygens (including phenoxy) is 1. The second kappa shape index (κ2) is 5.04. The van der Waals surface area contributed by atoms with Crippen LogP contribution in [0.25, 0.3) is 0 Å². The Morgan fingerprint density at radius 2 is 1.86 bits per heavy atom. The molecule has 1 aliphatic rings. The fourth-order valence-electron chi connectivity index (χ4n) is 1.74. The first-order chi connectivity index (χ1) is 6.79. The largest absolute Gasteiger partial charge is 0.493 e. The molecule has 1 unspecified atom stereocenters. The highest BCUT2D eigenvalue weighted by atomic mass is 16.5. The Hall–Kier alpha value is -0.980. The van der Waals surface area contributed by atoms with Crippen molar-refractivity contribution in [1.29, 1.82) is 0 Å². The van der Waals surface area contributed by atoms with Gasteiger partial charge in [-0.3, -0.25) is 0 Å². The molecule has 0 fully saturated rings. The molecule has 0 N–H and O–H groups in total. The van der Waals surface area contributed by atoms with Crippen molar-refractivity contribution in [3.05, 3.63) is 29.8 Å². The third kappa shape index (κ3) is 2.09. The average Bonchev–Trinajstić information content (AvgIpc) is 2.64. The molecule has 0 radical (unpaired) electrons. The molecule has 78 valence electrons. The number of para-hydroxylation sites is 1. The maximum absolute atomic E-state index is 5.57. The van der Waals surface area contributed by atoms with Gasteiger partial charge >= 0.3 is 0 Å². The summed E-state index contributed by atoms with van der Waals surface area (Å²) >= 11 is 0. The van der Waals surface area contributed by atoms with Crippen molar-refractivity contribution in [3.63, 3.8) is 0 Å². The topological polar surface area (TPSA) is 9.23 Å². The minimum Gasteiger partial charge on any atom is -0.493 e. The molecule has 1 heterocycles. The fraction of sp³-hybridized carbons (Fsp3) is 0.538. The highest BCUT2D eigenvalue weighted by Crippen LogP contribution is 2.37. The van der Waals surface area contributed by atoms with E-state index in [0.717, 1.165) is 12.4 Å². The molecule has 14 heavy (non-hydrogen) atoms. The lowest BCUT2D eigenvalue weighted by Crippen LogP contribution is -2.07. The Labute approximate surface area is 87.1 Å². The Morgan fingerprint density at radius 3 is 2.50 bits per heavy atom. The Kier molecular flexibility index (Phi) is 3.99. The van der Waals surface area contributed by atoms with Gasteiger partial charge in [0.1, 0.15) is 5.75 Å². The molecule has 2 rings (SSSR count). The highest BCUT2D eigenvalue weighted by molar-refractivity contribution is 5.39. The van der Waals surface area contributed by atoms with Crippen LogP contribution in [0.3, 0.4) is 0 Å². The van der Waals surface area contributed by atoms with Crippen LogP contribution in [0.15, 0.2) is 24.3 Å². The van der Waals surface area contributed by atoms with E-state index in [2.05, 4.69) is 32.0 Å². The van der Waals surface area contributed by atoms with E-state index in [-0.39, 0.29) is 0 Å². The van der Waals surface area contributed by atoms with Gasteiger partial charge in [0, 0.05) is 11.5 Å². The molecule has 1 aromatic rings. The molecule has 0 aliphatic carbocycles. The van der Waals surface area contributed by atoms with Crippen LogP contribution >= 0.6 is 0 Å². The van der Waals surface area contributed by atoms with Crippen molar-refractivity contribution in [1.82, 2.24) is 0 Å². The van der Waals surface area contributed by atoms with Crippen LogP contribution in [0.2, 0.25) is 0 Å². The first-order valence-corrected chi connectivity index (χ1v) is 5.51. The average molecular weight is 192 g/mol. The van der Waals surface area contributed by atoms with Gasteiger partial charge in [0.15, 0.2) is 0 Å². The number of fused-ring (bicyclic) bond motifs is 1. The molecule has 0 amide bonds. The summed E-state index contributed by atoms with van der Waals surface area (Å²) in [6.45, 7) is 9.35. The zero-order chi connectivity index (χ0) is 10.6. The maximum Gasteiger partial charge on any atom is 0.122 e. The van der Waals surface area contributed by atoms with Gasteiger partial charge in [0.2, 0.25) is 0 Å². The summed E-state index contributed by atoms with van der Waals surface area (Å²) in [5, 5.41) is 0. The summed E-state index contributed by atoms with van der Waals surface area (Å²) in [6.07, 6.45) is 0. The van der Waals surface area contributed by atoms with Gasteiger partial charge in [-0.25, -0.2) is 0 Å². The van der Waals surface area contributed by atoms with Crippen molar-refractivity contribution in [3.8, 4) is 5.75 Å². The molecule has 0 spiro atoms. The second-order valence-corrected chi connectivity index (χ2v) is 3.70. The van der Waals surface area contributed by atoms with E-state index in [1.807, 2.05) is 19.9 Å². The van der Waals surface area contributed by atoms with Crippen molar-refractivity contribution in [2.45, 2.75) is 33.6 Å². The van der Waals surface area contributed by atoms with E-state index in [4.69, 9.17) is 4.74 Å². The van der Waals surface area contributed by atoms with Gasteiger partial charge in [-0.1, -0.05) is 45.9 Å². The molecule has 1 heteroatoms. The lowest BCUT2D eigenvalue weighted by Gasteiger charge is -2.11. The molecule has 0 aromatic heterocycles. The molecular weight excluding hydrogens is 172 g/mol. The summed E-state index contributed by atoms with van der Waals surface area (Å²) < 4.78 is 5.57. The summed E-state index contributed by atoms with van der Waals surface area (Å²) in [7, 11) is 0. The van der Waals surface area contributed by atoms with Crippen LogP contribution in [0, 0.1) is 5.92 Å². The van der Waals surface area contributed by atoms with Gasteiger partial charge in [-0.15, -0.1) is 0 Å². The van der Waals surface area contributed by atoms with E-state index in [9.17, 15) is 0 Å². The Balaban J connectivity index is 0.000000461. The van der Waals surface area contributed by atoms with E-state index < -0.39 is 0 Å². The number of rotatable bonds is 1. The minimum absolute atomic E-state index is 0.598. The molecule has 0 saturated carbocycles. The third-order valence-corrected chi connectivity index (χ3v) is 2.54. The van der Waals surface area contributed by atoms with Gasteiger partial charge in [-0.2, -0.15) is 0 Å². The van der Waals surface area contributed by atoms with Gasteiger partial charge in [0.05, 0.1) is 6.61 Å². The van der Waals surface area contributed by atoms with Crippen molar-refractivity contribution in [2.24, 2.45) is 5.92 Å². The molecule has 1 aliphatic heterocycles. The molecule has 1 aromatic carbocycles. The normalized spacial score (nSPS) is 18.2. The monoisotopic (exact) mass is 192 g/mol. The predicted octanol–water partition coefficient (Wildman–Crippen LogP) is 3.84. The van der Waals surface area contributed by atoms with E-state index in [0.29, 0.717) is 11.8 Å². The quantitative estimate of drug-likeness (QED) is 0.656. The predicted molar refractivity (Wildman–Crippen MR) is 60.9 cm³/mol. The summed E-state index contributed by atoms with van der Waals surface area (Å²) in [5.41, 5.74) is 1.38. The smallest absolute Gasteiger partial charge is 0.122 e. The lowest BCUT2D eigenvalue weighted by atomic mass is 9.90. The number of hydrogen-bond donors (Lipinski definition) is 0. The van der Waals surface area contributed by atoms with Gasteiger partial charge < -0.3 is 4.74 Å². The molecule has 1 nitrogen and oxygen atoms in total.